The molecule has 0 fully saturated rings. The number of anilines is 3. The Morgan fingerprint density at radius 3 is 1.62 bits per heavy atom. The zero-order chi connectivity index (χ0) is 24.2. The van der Waals surface area contributed by atoms with Gasteiger partial charge in [0.1, 0.15) is 11.7 Å². The molecule has 6 N–H and O–H groups in total. The van der Waals surface area contributed by atoms with Crippen molar-refractivity contribution in [1.82, 2.24) is 10.6 Å². The van der Waals surface area contributed by atoms with Crippen molar-refractivity contribution >= 4 is 65.4 Å². The van der Waals surface area contributed by atoms with Gasteiger partial charge in [-0.15, -0.1) is 24.8 Å². The predicted molar refractivity (Wildman–Crippen MR) is 153 cm³/mol. The Balaban J connectivity index is 0.00000190. The third-order valence-corrected chi connectivity index (χ3v) is 5.74. The minimum absolute atomic E-state index is 0. The van der Waals surface area contributed by atoms with Crippen LogP contribution in [0.3, 0.4) is 0 Å². The van der Waals surface area contributed by atoms with Crippen LogP contribution in [0.5, 0.6) is 0 Å². The third kappa shape index (κ3) is 6.38. The van der Waals surface area contributed by atoms with E-state index < -0.39 is 0 Å². The highest BCUT2D eigenvalue weighted by Crippen LogP contribution is 2.19. The lowest BCUT2D eigenvalue weighted by molar-refractivity contribution is 0.101. The fourth-order valence-corrected chi connectivity index (χ4v) is 3.92. The molecule has 2 aliphatic rings. The highest BCUT2D eigenvalue weighted by Gasteiger charge is 2.15. The van der Waals surface area contributed by atoms with E-state index in [0.717, 1.165) is 49.0 Å². The number of benzene rings is 3. The Bertz CT molecular complexity index is 1340. The molecule has 11 heteroatoms. The Kier molecular flexibility index (Phi) is 9.10. The van der Waals surface area contributed by atoms with Gasteiger partial charge in [0.15, 0.2) is 0 Å². The van der Waals surface area contributed by atoms with Gasteiger partial charge in [0, 0.05) is 46.8 Å². The Morgan fingerprint density at radius 1 is 0.703 bits per heavy atom. The number of halogens is 2. The van der Waals surface area contributed by atoms with Gasteiger partial charge in [0.05, 0.1) is 18.7 Å². The van der Waals surface area contributed by atoms with Gasteiger partial charge in [0.2, 0.25) is 0 Å². The van der Waals surface area contributed by atoms with Crippen LogP contribution >= 0.6 is 24.8 Å². The maximum atomic E-state index is 12.7. The first-order valence-corrected chi connectivity index (χ1v) is 11.4. The summed E-state index contributed by atoms with van der Waals surface area (Å²) in [6, 6.07) is 19.5. The van der Waals surface area contributed by atoms with Gasteiger partial charge < -0.3 is 27.0 Å². The summed E-state index contributed by atoms with van der Waals surface area (Å²) in [6.07, 6.45) is 0. The molecule has 2 aliphatic heterocycles. The minimum Gasteiger partial charge on any atom is -0.398 e. The summed E-state index contributed by atoms with van der Waals surface area (Å²) in [4.78, 5) is 34.2. The zero-order valence-corrected chi connectivity index (χ0v) is 21.4. The summed E-state index contributed by atoms with van der Waals surface area (Å²) < 4.78 is 0. The average Bonchev–Trinajstić information content (AvgIpc) is 3.60. The molecule has 0 spiro atoms. The van der Waals surface area contributed by atoms with E-state index in [9.17, 15) is 9.59 Å². The minimum atomic E-state index is -0.349. The first-order valence-electron chi connectivity index (χ1n) is 11.4. The van der Waals surface area contributed by atoms with Gasteiger partial charge >= 0.3 is 0 Å². The van der Waals surface area contributed by atoms with Crippen molar-refractivity contribution in [1.29, 1.82) is 0 Å². The molecular formula is C26H27Cl2N7O2. The molecule has 192 valence electrons. The molecule has 37 heavy (non-hydrogen) atoms. The van der Waals surface area contributed by atoms with Crippen molar-refractivity contribution in [2.75, 3.05) is 42.5 Å². The Hall–Kier alpha value is -4.08. The second-order valence-corrected chi connectivity index (χ2v) is 8.18. The van der Waals surface area contributed by atoms with Crippen LogP contribution in [0.1, 0.15) is 31.8 Å². The number of nitrogen functional groups attached to an aromatic ring is 1. The second kappa shape index (κ2) is 12.2. The van der Waals surface area contributed by atoms with Crippen LogP contribution in [0, 0.1) is 0 Å². The monoisotopic (exact) mass is 539 g/mol. The van der Waals surface area contributed by atoms with E-state index in [1.54, 1.807) is 12.1 Å². The van der Waals surface area contributed by atoms with E-state index in [1.165, 1.54) is 6.07 Å². The van der Waals surface area contributed by atoms with Crippen molar-refractivity contribution in [3.63, 3.8) is 0 Å². The molecule has 0 saturated heterocycles. The molecule has 0 unspecified atom stereocenters. The smallest absolute Gasteiger partial charge is 0.257 e. The number of aliphatic imine (C=N–C) groups is 2. The van der Waals surface area contributed by atoms with Crippen LogP contribution in [0.4, 0.5) is 17.1 Å². The topological polar surface area (TPSA) is 133 Å². The first kappa shape index (κ1) is 27.5. The van der Waals surface area contributed by atoms with Crippen LogP contribution in [0.25, 0.3) is 0 Å². The second-order valence-electron chi connectivity index (χ2n) is 8.18. The maximum absolute atomic E-state index is 12.7. The number of nitrogens with two attached hydrogens (primary N) is 1. The lowest BCUT2D eigenvalue weighted by atomic mass is 10.1. The SMILES string of the molecule is Cl.Cl.Nc1cc(C(=O)Nc2ccc(C3=NCCN3)cc2)ccc1C(=O)Nc1ccc(C2=NCCN2)cc1. The maximum Gasteiger partial charge on any atom is 0.257 e. The molecule has 0 aliphatic carbocycles. The molecule has 3 aromatic rings. The van der Waals surface area contributed by atoms with Crippen LogP contribution < -0.4 is 27.0 Å². The van der Waals surface area contributed by atoms with E-state index in [1.807, 2.05) is 48.5 Å². The quantitative estimate of drug-likeness (QED) is 0.306. The third-order valence-electron chi connectivity index (χ3n) is 5.74. The largest absolute Gasteiger partial charge is 0.398 e. The fourth-order valence-electron chi connectivity index (χ4n) is 3.92. The van der Waals surface area contributed by atoms with Crippen molar-refractivity contribution in [2.45, 2.75) is 0 Å². The molecule has 9 nitrogen and oxygen atoms in total. The number of hydrogen-bond donors (Lipinski definition) is 5. The Morgan fingerprint density at radius 2 is 1.19 bits per heavy atom. The number of nitrogens with one attached hydrogen (secondary N) is 4. The van der Waals surface area contributed by atoms with Crippen molar-refractivity contribution in [3.8, 4) is 0 Å². The standard InChI is InChI=1S/C26H25N7O2.2ClH/c27-22-15-18(25(34)32-19-6-1-16(2-7-19)23-28-11-12-29-23)5-10-21(22)26(35)33-20-8-3-17(4-9-20)24-30-13-14-31-24;;/h1-10,15H,11-14,27H2,(H,28,29)(H,30,31)(H,32,34)(H,33,35);2*1H. The first-order chi connectivity index (χ1) is 17.1. The van der Waals surface area contributed by atoms with E-state index in [2.05, 4.69) is 31.3 Å². The van der Waals surface area contributed by atoms with Crippen LogP contribution in [0.2, 0.25) is 0 Å². The summed E-state index contributed by atoms with van der Waals surface area (Å²) in [5, 5.41) is 12.1. The average molecular weight is 540 g/mol. The molecular weight excluding hydrogens is 513 g/mol. The zero-order valence-electron chi connectivity index (χ0n) is 19.8. The number of carbonyl (C=O) groups is 2. The summed E-state index contributed by atoms with van der Waals surface area (Å²) in [7, 11) is 0. The highest BCUT2D eigenvalue weighted by atomic mass is 35.5. The van der Waals surface area contributed by atoms with Crippen LogP contribution in [-0.4, -0.2) is 49.7 Å². The summed E-state index contributed by atoms with van der Waals surface area (Å²) >= 11 is 0. The van der Waals surface area contributed by atoms with Crippen LogP contribution in [0.15, 0.2) is 76.7 Å². The molecule has 2 amide bonds. The van der Waals surface area contributed by atoms with Gasteiger partial charge in [-0.1, -0.05) is 0 Å². The molecule has 5 rings (SSSR count). The van der Waals surface area contributed by atoms with Gasteiger partial charge in [-0.2, -0.15) is 0 Å². The molecule has 3 aromatic carbocycles. The lowest BCUT2D eigenvalue weighted by Crippen LogP contribution is -2.19. The van der Waals surface area contributed by atoms with Gasteiger partial charge in [0.25, 0.3) is 11.8 Å². The van der Waals surface area contributed by atoms with Crippen molar-refractivity contribution < 1.29 is 9.59 Å². The normalized spacial score (nSPS) is 13.6. The van der Waals surface area contributed by atoms with Crippen LogP contribution in [-0.2, 0) is 0 Å². The number of amidine groups is 2. The lowest BCUT2D eigenvalue weighted by Gasteiger charge is -2.11. The fraction of sp³-hybridized carbons (Fsp3) is 0.154. The van der Waals surface area contributed by atoms with Crippen molar-refractivity contribution in [3.05, 3.63) is 89.0 Å². The molecule has 0 radical (unpaired) electrons. The van der Waals surface area contributed by atoms with E-state index in [-0.39, 0.29) is 42.3 Å². The van der Waals surface area contributed by atoms with E-state index in [0.29, 0.717) is 22.5 Å². The Labute approximate surface area is 226 Å². The summed E-state index contributed by atoms with van der Waals surface area (Å²) in [5.74, 6) is 1.06. The highest BCUT2D eigenvalue weighted by molar-refractivity contribution is 6.10. The number of carbonyl (C=O) groups excluding carboxylic acids is 2. The van der Waals surface area contributed by atoms with Gasteiger partial charge in [-0.3, -0.25) is 19.6 Å². The van der Waals surface area contributed by atoms with Gasteiger partial charge in [-0.25, -0.2) is 0 Å². The van der Waals surface area contributed by atoms with E-state index >= 15 is 0 Å². The molecule has 0 atom stereocenters. The molecule has 0 saturated carbocycles. The number of rotatable bonds is 6. The molecule has 0 bridgehead atoms. The summed E-state index contributed by atoms with van der Waals surface area (Å²) in [5.41, 5.74) is 10.2. The number of amides is 2. The van der Waals surface area contributed by atoms with Crippen molar-refractivity contribution in [2.24, 2.45) is 9.98 Å². The number of nitrogens with zero attached hydrogens (tertiary/aromatic N) is 2. The predicted octanol–water partition coefficient (Wildman–Crippen LogP) is 3.32. The number of hydrogen-bond acceptors (Lipinski definition) is 7. The molecule has 2 heterocycles. The summed E-state index contributed by atoms with van der Waals surface area (Å²) in [6.45, 7) is 3.20. The molecule has 0 aromatic heterocycles. The van der Waals surface area contributed by atoms with Gasteiger partial charge in [-0.05, 0) is 66.7 Å². The van der Waals surface area contributed by atoms with E-state index in [4.69, 9.17) is 5.73 Å².